The van der Waals surface area contributed by atoms with E-state index in [4.69, 9.17) is 0 Å². The number of rotatable bonds is 27. The zero-order chi connectivity index (χ0) is 53.2. The molecule has 2 aliphatic heterocycles. The first-order valence-corrected chi connectivity index (χ1v) is 26.6. The highest BCUT2D eigenvalue weighted by molar-refractivity contribution is 5.91. The van der Waals surface area contributed by atoms with Gasteiger partial charge in [0.05, 0.1) is 12.1 Å². The number of likely N-dealkylation sites (N-methyl/N-ethyl adjacent to an activating group) is 2. The molecule has 0 spiro atoms. The van der Waals surface area contributed by atoms with Crippen LogP contribution >= 0.6 is 0 Å². The molecule has 14 nitrogen and oxygen atoms in total. The highest BCUT2D eigenvalue weighted by atomic mass is 19.1. The van der Waals surface area contributed by atoms with Crippen LogP contribution in [0.5, 0.6) is 0 Å². The van der Waals surface area contributed by atoms with Crippen LogP contribution in [0.25, 0.3) is 0 Å². The molecule has 402 valence electrons. The second-order valence-corrected chi connectivity index (χ2v) is 22.4. The molecule has 2 fully saturated rings. The van der Waals surface area contributed by atoms with Crippen molar-refractivity contribution in [3.8, 4) is 0 Å². The summed E-state index contributed by atoms with van der Waals surface area (Å²) in [5.74, 6) is -1.51. The minimum Gasteiger partial charge on any atom is -0.342 e. The van der Waals surface area contributed by atoms with Crippen molar-refractivity contribution in [3.63, 3.8) is 0 Å². The van der Waals surface area contributed by atoms with Gasteiger partial charge < -0.3 is 40.9 Å². The number of halogens is 2. The molecule has 0 aliphatic carbocycles. The molecule has 16 heteroatoms. The molecule has 0 saturated carbocycles. The van der Waals surface area contributed by atoms with Crippen molar-refractivity contribution in [2.45, 2.75) is 182 Å². The van der Waals surface area contributed by atoms with Gasteiger partial charge in [0.2, 0.25) is 35.4 Å². The zero-order valence-corrected chi connectivity index (χ0v) is 45.2. The van der Waals surface area contributed by atoms with Crippen LogP contribution in [0.3, 0.4) is 0 Å². The molecule has 6 amide bonds. The highest BCUT2D eigenvalue weighted by Crippen LogP contribution is 2.29. The fourth-order valence-electron chi connectivity index (χ4n) is 9.69. The van der Waals surface area contributed by atoms with Crippen molar-refractivity contribution >= 4 is 35.4 Å². The molecular weight excluding hydrogens is 919 g/mol. The number of benzene rings is 2. The van der Waals surface area contributed by atoms with Gasteiger partial charge in [0.15, 0.2) is 0 Å². The first-order valence-electron chi connectivity index (χ1n) is 26.6. The molecule has 0 unspecified atom stereocenters. The molecule has 6 atom stereocenters. The smallest absolute Gasteiger partial charge is 0.246 e. The Labute approximate surface area is 429 Å². The topological polar surface area (TPSA) is 163 Å². The number of unbranched alkanes of at least 4 members (excludes halogenated alkanes) is 5. The maximum Gasteiger partial charge on any atom is 0.246 e. The van der Waals surface area contributed by atoms with Gasteiger partial charge in [-0.1, -0.05) is 91.5 Å². The molecule has 2 heterocycles. The summed E-state index contributed by atoms with van der Waals surface area (Å²) in [6.45, 7) is 17.6. The molecule has 4 N–H and O–H groups in total. The molecular formula is C56H88F2N8O6. The van der Waals surface area contributed by atoms with Gasteiger partial charge >= 0.3 is 0 Å². The Balaban J connectivity index is 1.33. The lowest BCUT2D eigenvalue weighted by Gasteiger charge is -2.37. The van der Waals surface area contributed by atoms with Gasteiger partial charge in [-0.2, -0.15) is 0 Å². The number of likely N-dealkylation sites (tertiary alicyclic amines) is 2. The van der Waals surface area contributed by atoms with Gasteiger partial charge in [0, 0.05) is 64.2 Å². The fourth-order valence-corrected chi connectivity index (χ4v) is 9.69. The number of carbonyl (C=O) groups is 6. The Kier molecular flexibility index (Phi) is 23.6. The lowest BCUT2D eigenvalue weighted by Crippen LogP contribution is -2.59. The van der Waals surface area contributed by atoms with Crippen LogP contribution in [-0.2, 0) is 41.6 Å². The molecule has 2 saturated heterocycles. The van der Waals surface area contributed by atoms with E-state index in [2.05, 4.69) is 21.3 Å². The summed E-state index contributed by atoms with van der Waals surface area (Å²) in [6, 6.07) is 9.94. The molecule has 0 bridgehead atoms. The zero-order valence-electron chi connectivity index (χ0n) is 45.2. The van der Waals surface area contributed by atoms with Gasteiger partial charge in [-0.15, -0.1) is 0 Å². The normalized spacial score (nSPS) is 17.8. The summed E-state index contributed by atoms with van der Waals surface area (Å²) in [5, 5.41) is 11.8. The number of carbonyl (C=O) groups excluding carboxylic acids is 6. The molecule has 4 rings (SSSR count). The van der Waals surface area contributed by atoms with E-state index in [0.29, 0.717) is 77.8 Å². The second-order valence-electron chi connectivity index (χ2n) is 22.4. The quantitative estimate of drug-likeness (QED) is 0.0712. The van der Waals surface area contributed by atoms with Gasteiger partial charge in [0.25, 0.3) is 0 Å². The maximum absolute atomic E-state index is 14.2. The third kappa shape index (κ3) is 18.5. The highest BCUT2D eigenvalue weighted by Gasteiger charge is 2.42. The SMILES string of the molecule is CN[C@@H](C)C(=O)N[C@H](C(=O)N1CCC[C@H]1CN(CCc1cccc(F)c1)C(=O)CCCCCCCCC(=O)N(CCc1cccc(F)c1)C[C@@H]1CCCN1C(=O)[C@@H](NC(=O)[C@H](C)NC)C(C)(C)C)C(C)(C)C. The monoisotopic (exact) mass is 1010 g/mol. The lowest BCUT2D eigenvalue weighted by molar-refractivity contribution is -0.142. The number of amides is 6. The molecule has 2 aliphatic rings. The van der Waals surface area contributed by atoms with Crippen molar-refractivity contribution in [1.29, 1.82) is 0 Å². The van der Waals surface area contributed by atoms with Crippen LogP contribution in [0.15, 0.2) is 48.5 Å². The summed E-state index contributed by atoms with van der Waals surface area (Å²) in [6.07, 6.45) is 9.47. The van der Waals surface area contributed by atoms with E-state index in [1.54, 1.807) is 40.1 Å². The third-order valence-electron chi connectivity index (χ3n) is 14.5. The molecule has 0 radical (unpaired) electrons. The molecule has 2 aromatic rings. The molecule has 2 aromatic carbocycles. The summed E-state index contributed by atoms with van der Waals surface area (Å²) in [4.78, 5) is 89.6. The van der Waals surface area contributed by atoms with Crippen LogP contribution in [0.2, 0.25) is 0 Å². The van der Waals surface area contributed by atoms with Crippen molar-refractivity contribution in [3.05, 3.63) is 71.3 Å². The minimum atomic E-state index is -0.747. The van der Waals surface area contributed by atoms with Crippen LogP contribution in [0.1, 0.15) is 144 Å². The van der Waals surface area contributed by atoms with Crippen LogP contribution in [0, 0.1) is 22.5 Å². The molecule has 72 heavy (non-hydrogen) atoms. The maximum atomic E-state index is 14.2. The van der Waals surface area contributed by atoms with Crippen LogP contribution < -0.4 is 21.3 Å². The van der Waals surface area contributed by atoms with E-state index in [-0.39, 0.29) is 59.2 Å². The summed E-state index contributed by atoms with van der Waals surface area (Å²) in [5.41, 5.74) is 0.479. The Bertz CT molecular complexity index is 1950. The van der Waals surface area contributed by atoms with Crippen molar-refractivity contribution in [2.75, 3.05) is 53.4 Å². The van der Waals surface area contributed by atoms with E-state index < -0.39 is 35.0 Å². The average Bonchev–Trinajstić information content (AvgIpc) is 4.01. The Morgan fingerprint density at radius 3 is 1.29 bits per heavy atom. The Hall–Kier alpha value is -4.96. The summed E-state index contributed by atoms with van der Waals surface area (Å²) >= 11 is 0. The van der Waals surface area contributed by atoms with Gasteiger partial charge in [0.1, 0.15) is 23.7 Å². The number of nitrogens with zero attached hydrogens (tertiary/aromatic N) is 4. The number of hydrogen-bond acceptors (Lipinski definition) is 8. The summed E-state index contributed by atoms with van der Waals surface area (Å²) < 4.78 is 28.3. The molecule has 0 aromatic heterocycles. The minimum absolute atomic E-state index is 0.0113. The predicted octanol–water partition coefficient (Wildman–Crippen LogP) is 6.79. The average molecular weight is 1010 g/mol. The fraction of sp³-hybridized carbons (Fsp3) is 0.679. The van der Waals surface area contributed by atoms with Crippen molar-refractivity contribution in [2.24, 2.45) is 10.8 Å². The van der Waals surface area contributed by atoms with Crippen molar-refractivity contribution < 1.29 is 37.5 Å². The number of hydrogen-bond donors (Lipinski definition) is 4. The van der Waals surface area contributed by atoms with Crippen LogP contribution in [-0.4, -0.2) is 145 Å². The van der Waals surface area contributed by atoms with E-state index in [1.807, 2.05) is 73.3 Å². The first kappa shape index (κ1) is 59.6. The number of nitrogens with one attached hydrogen (secondary N) is 4. The van der Waals surface area contributed by atoms with E-state index in [1.165, 1.54) is 24.3 Å². The third-order valence-corrected chi connectivity index (χ3v) is 14.5. The largest absolute Gasteiger partial charge is 0.342 e. The second kappa shape index (κ2) is 28.5. The summed E-state index contributed by atoms with van der Waals surface area (Å²) in [7, 11) is 3.40. The van der Waals surface area contributed by atoms with Crippen LogP contribution in [0.4, 0.5) is 8.78 Å². The van der Waals surface area contributed by atoms with E-state index >= 15 is 0 Å². The van der Waals surface area contributed by atoms with Crippen molar-refractivity contribution in [1.82, 2.24) is 40.9 Å². The van der Waals surface area contributed by atoms with E-state index in [9.17, 15) is 37.5 Å². The standard InChI is InChI=1S/C56H88F2N8O6/c1-39(59-9)51(69)61-49(55(3,4)5)53(71)65-31-19-25-45(65)37-63(33-29-41-21-17-23-43(57)35-41)47(67)27-15-13-11-12-14-16-28-48(68)64(34-30-42-22-18-24-44(58)36-42)38-46-26-20-32-66(46)54(72)50(56(6,7)8)62-52(70)40(2)60-10/h17-18,21-24,35-36,39-40,45-46,49-50,59-60H,11-16,19-20,25-34,37-38H2,1-10H3,(H,61,69)(H,62,70)/t39-,40-,45-,46-,49+,50+/m0/s1. The van der Waals surface area contributed by atoms with Gasteiger partial charge in [-0.3, -0.25) is 28.8 Å². The Morgan fingerprint density at radius 1 is 0.597 bits per heavy atom. The predicted molar refractivity (Wildman–Crippen MR) is 280 cm³/mol. The first-order chi connectivity index (χ1) is 34.0. The van der Waals surface area contributed by atoms with Gasteiger partial charge in [-0.05, 0) is 126 Å². The lowest BCUT2D eigenvalue weighted by atomic mass is 9.85. The van der Waals surface area contributed by atoms with Gasteiger partial charge in [-0.25, -0.2) is 8.78 Å². The Morgan fingerprint density at radius 2 is 0.958 bits per heavy atom. The van der Waals surface area contributed by atoms with E-state index in [0.717, 1.165) is 62.5 Å².